The number of imidazole rings is 1. The van der Waals surface area contributed by atoms with E-state index in [4.69, 9.17) is 9.47 Å². The normalized spacial score (nSPS) is 10.1. The fraction of sp³-hybridized carbons (Fsp3) is 0.185. The van der Waals surface area contributed by atoms with Crippen LogP contribution in [0.15, 0.2) is 91.4 Å². The van der Waals surface area contributed by atoms with Crippen LogP contribution in [0, 0.1) is 0 Å². The third-order valence-corrected chi connectivity index (χ3v) is 4.67. The number of rotatable bonds is 7. The Balaban J connectivity index is 0.00000141. The van der Waals surface area contributed by atoms with E-state index < -0.39 is 0 Å². The lowest BCUT2D eigenvalue weighted by atomic mass is 10.1. The average molecular weight is 429 g/mol. The molecule has 5 heteroatoms. The molecule has 0 atom stereocenters. The van der Waals surface area contributed by atoms with Gasteiger partial charge in [0.25, 0.3) is 0 Å². The number of para-hydroxylation sites is 1. The Kier molecular flexibility index (Phi) is 8.21. The minimum Gasteiger partial charge on any atom is -0.488 e. The van der Waals surface area contributed by atoms with Gasteiger partial charge in [0.15, 0.2) is 0 Å². The van der Waals surface area contributed by atoms with Crippen molar-refractivity contribution in [3.8, 4) is 22.7 Å². The number of ether oxygens (including phenoxy) is 2. The Labute approximate surface area is 189 Å². The summed E-state index contributed by atoms with van der Waals surface area (Å²) in [4.78, 5) is 16.5. The Morgan fingerprint density at radius 3 is 2.47 bits per heavy atom. The third-order valence-electron chi connectivity index (χ3n) is 4.67. The Morgan fingerprint density at radius 1 is 0.938 bits per heavy atom. The van der Waals surface area contributed by atoms with Gasteiger partial charge >= 0.3 is 5.97 Å². The zero-order chi connectivity index (χ0) is 22.8. The molecule has 0 aliphatic heterocycles. The molecule has 0 N–H and O–H groups in total. The second kappa shape index (κ2) is 11.5. The number of hydrogen-bond donors (Lipinski definition) is 0. The smallest absolute Gasteiger partial charge is 0.338 e. The monoisotopic (exact) mass is 428 g/mol. The Morgan fingerprint density at radius 2 is 1.69 bits per heavy atom. The number of benzene rings is 3. The molecule has 4 rings (SSSR count). The maximum absolute atomic E-state index is 12.1. The molecule has 0 radical (unpaired) electrons. The summed E-state index contributed by atoms with van der Waals surface area (Å²) >= 11 is 0. The number of hydrogen-bond acceptors (Lipinski definition) is 4. The first-order valence-electron chi connectivity index (χ1n) is 10.8. The first-order chi connectivity index (χ1) is 15.8. The van der Waals surface area contributed by atoms with Gasteiger partial charge in [0.2, 0.25) is 0 Å². The summed E-state index contributed by atoms with van der Waals surface area (Å²) in [5.41, 5.74) is 4.23. The number of esters is 1. The number of aromatic nitrogens is 2. The molecule has 1 heterocycles. The second-order valence-corrected chi connectivity index (χ2v) is 6.69. The highest BCUT2D eigenvalue weighted by Gasteiger charge is 2.14. The minimum atomic E-state index is -0.340. The van der Waals surface area contributed by atoms with Crippen molar-refractivity contribution in [1.82, 2.24) is 9.55 Å². The van der Waals surface area contributed by atoms with Gasteiger partial charge in [-0.2, -0.15) is 0 Å². The second-order valence-electron chi connectivity index (χ2n) is 6.69. The largest absolute Gasteiger partial charge is 0.488 e. The topological polar surface area (TPSA) is 53.4 Å². The fourth-order valence-corrected chi connectivity index (χ4v) is 3.24. The quantitative estimate of drug-likeness (QED) is 0.323. The highest BCUT2D eigenvalue weighted by atomic mass is 16.5. The van der Waals surface area contributed by atoms with E-state index in [0.29, 0.717) is 18.8 Å². The van der Waals surface area contributed by atoms with Gasteiger partial charge in [-0.3, -0.25) is 4.57 Å². The van der Waals surface area contributed by atoms with E-state index in [1.54, 1.807) is 31.6 Å². The first-order valence-corrected chi connectivity index (χ1v) is 10.8. The van der Waals surface area contributed by atoms with Crippen molar-refractivity contribution in [2.45, 2.75) is 27.4 Å². The van der Waals surface area contributed by atoms with Crippen molar-refractivity contribution in [3.63, 3.8) is 0 Å². The summed E-state index contributed by atoms with van der Waals surface area (Å²) < 4.78 is 13.2. The van der Waals surface area contributed by atoms with Crippen molar-refractivity contribution in [3.05, 3.63) is 103 Å². The molecular formula is C27H28N2O3. The molecule has 0 spiro atoms. The molecule has 0 unspecified atom stereocenters. The lowest BCUT2D eigenvalue weighted by molar-refractivity contribution is 0.0526. The predicted octanol–water partition coefficient (Wildman–Crippen LogP) is 6.32. The van der Waals surface area contributed by atoms with Crippen LogP contribution in [0.2, 0.25) is 0 Å². The zero-order valence-electron chi connectivity index (χ0n) is 18.7. The van der Waals surface area contributed by atoms with Crippen LogP contribution in [-0.4, -0.2) is 22.1 Å². The van der Waals surface area contributed by atoms with Crippen molar-refractivity contribution in [2.24, 2.45) is 0 Å². The Bertz CT molecular complexity index is 1140. The van der Waals surface area contributed by atoms with Crippen molar-refractivity contribution in [2.75, 3.05) is 6.61 Å². The molecule has 32 heavy (non-hydrogen) atoms. The van der Waals surface area contributed by atoms with Crippen LogP contribution in [0.25, 0.3) is 16.9 Å². The van der Waals surface area contributed by atoms with E-state index in [-0.39, 0.29) is 5.97 Å². The van der Waals surface area contributed by atoms with Crippen molar-refractivity contribution >= 4 is 5.97 Å². The lowest BCUT2D eigenvalue weighted by Crippen LogP contribution is -2.06. The van der Waals surface area contributed by atoms with Gasteiger partial charge in [-0.05, 0) is 42.8 Å². The number of carbonyl (C=O) groups excluding carboxylic acids is 1. The van der Waals surface area contributed by atoms with Crippen LogP contribution < -0.4 is 4.74 Å². The minimum absolute atomic E-state index is 0.339. The summed E-state index contributed by atoms with van der Waals surface area (Å²) in [5.74, 6) is 0.428. The third kappa shape index (κ3) is 5.43. The highest BCUT2D eigenvalue weighted by Crippen LogP contribution is 2.32. The van der Waals surface area contributed by atoms with E-state index in [9.17, 15) is 4.79 Å². The molecule has 0 saturated carbocycles. The number of carbonyl (C=O) groups is 1. The molecule has 1 aromatic heterocycles. The maximum Gasteiger partial charge on any atom is 0.338 e. The van der Waals surface area contributed by atoms with Gasteiger partial charge in [0.05, 0.1) is 30.4 Å². The van der Waals surface area contributed by atoms with E-state index in [1.807, 2.05) is 85.1 Å². The van der Waals surface area contributed by atoms with Gasteiger partial charge in [-0.25, -0.2) is 9.78 Å². The van der Waals surface area contributed by atoms with Gasteiger partial charge in [0, 0.05) is 11.3 Å². The maximum atomic E-state index is 12.1. The average Bonchev–Trinajstić information content (AvgIpc) is 3.35. The predicted molar refractivity (Wildman–Crippen MR) is 127 cm³/mol. The SMILES string of the molecule is CC.CCOC(=O)c1cccc(-n2cncc2-c2ccccc2OCc2ccccc2)c1. The van der Waals surface area contributed by atoms with Crippen LogP contribution in [-0.2, 0) is 11.3 Å². The summed E-state index contributed by atoms with van der Waals surface area (Å²) in [7, 11) is 0. The van der Waals surface area contributed by atoms with Crippen molar-refractivity contribution < 1.29 is 14.3 Å². The Hall–Kier alpha value is -3.86. The van der Waals surface area contributed by atoms with E-state index in [2.05, 4.69) is 4.98 Å². The van der Waals surface area contributed by atoms with Gasteiger partial charge in [0.1, 0.15) is 12.4 Å². The van der Waals surface area contributed by atoms with E-state index >= 15 is 0 Å². The molecule has 0 bridgehead atoms. The van der Waals surface area contributed by atoms with Gasteiger partial charge in [-0.15, -0.1) is 0 Å². The van der Waals surface area contributed by atoms with E-state index in [0.717, 1.165) is 28.3 Å². The van der Waals surface area contributed by atoms with Crippen LogP contribution in [0.4, 0.5) is 0 Å². The molecule has 0 amide bonds. The van der Waals surface area contributed by atoms with Gasteiger partial charge in [-0.1, -0.05) is 62.4 Å². The van der Waals surface area contributed by atoms with Crippen molar-refractivity contribution in [1.29, 1.82) is 0 Å². The molecule has 0 fully saturated rings. The molecule has 5 nitrogen and oxygen atoms in total. The van der Waals surface area contributed by atoms with Gasteiger partial charge < -0.3 is 9.47 Å². The molecular weight excluding hydrogens is 400 g/mol. The standard InChI is InChI=1S/C25H22N2O3.C2H6/c1-2-29-25(28)20-11-8-12-21(15-20)27-18-26-16-23(27)22-13-6-7-14-24(22)30-17-19-9-4-3-5-10-19;1-2/h3-16,18H,2,17H2,1H3;1-2H3. The molecule has 0 aliphatic carbocycles. The number of nitrogens with zero attached hydrogens (tertiary/aromatic N) is 2. The summed E-state index contributed by atoms with van der Waals surface area (Å²) in [6.45, 7) is 6.61. The highest BCUT2D eigenvalue weighted by molar-refractivity contribution is 5.90. The molecule has 3 aromatic carbocycles. The van der Waals surface area contributed by atoms with Crippen LogP contribution in [0.3, 0.4) is 0 Å². The zero-order valence-corrected chi connectivity index (χ0v) is 18.7. The molecule has 0 saturated heterocycles. The molecule has 0 aliphatic rings. The fourth-order valence-electron chi connectivity index (χ4n) is 3.24. The first kappa shape index (κ1) is 22.8. The molecule has 164 valence electrons. The van der Waals surface area contributed by atoms with Crippen LogP contribution >= 0.6 is 0 Å². The van der Waals surface area contributed by atoms with Crippen LogP contribution in [0.1, 0.15) is 36.7 Å². The summed E-state index contributed by atoms with van der Waals surface area (Å²) in [5, 5.41) is 0. The van der Waals surface area contributed by atoms with Crippen LogP contribution in [0.5, 0.6) is 5.75 Å². The van der Waals surface area contributed by atoms with E-state index in [1.165, 1.54) is 0 Å². The lowest BCUT2D eigenvalue weighted by Gasteiger charge is -2.14. The summed E-state index contributed by atoms with van der Waals surface area (Å²) in [6.07, 6.45) is 3.52. The molecule has 4 aromatic rings. The summed E-state index contributed by atoms with van der Waals surface area (Å²) in [6, 6.07) is 25.2.